The predicted molar refractivity (Wildman–Crippen MR) is 89.7 cm³/mol. The van der Waals surface area contributed by atoms with Gasteiger partial charge in [0.15, 0.2) is 0 Å². The number of likely N-dealkylation sites (tertiary alicyclic amines) is 1. The maximum atomic E-state index is 3.55. The summed E-state index contributed by atoms with van der Waals surface area (Å²) in [7, 11) is 0. The molecular weight excluding hydrogens is 256 g/mol. The summed E-state index contributed by atoms with van der Waals surface area (Å²) in [5.74, 6) is 0. The molecule has 0 radical (unpaired) electrons. The molecule has 0 amide bonds. The maximum Gasteiger partial charge on any atom is 0.0105 e. The van der Waals surface area contributed by atoms with Crippen molar-refractivity contribution >= 4 is 0 Å². The first-order valence-corrected chi connectivity index (χ1v) is 8.73. The second-order valence-corrected chi connectivity index (χ2v) is 7.20. The molecule has 0 aromatic heterocycles. The highest BCUT2D eigenvalue weighted by Crippen LogP contribution is 2.37. The molecule has 2 saturated heterocycles. The fourth-order valence-corrected chi connectivity index (χ4v) is 4.37. The minimum Gasteiger partial charge on any atom is -0.317 e. The second-order valence-electron chi connectivity index (χ2n) is 7.20. The van der Waals surface area contributed by atoms with Gasteiger partial charge in [-0.3, -0.25) is 4.90 Å². The van der Waals surface area contributed by atoms with Gasteiger partial charge in [-0.25, -0.2) is 0 Å². The fourth-order valence-electron chi connectivity index (χ4n) is 4.37. The highest BCUT2D eigenvalue weighted by molar-refractivity contribution is 5.27. The van der Waals surface area contributed by atoms with Crippen LogP contribution in [0.2, 0.25) is 0 Å². The van der Waals surface area contributed by atoms with Crippen molar-refractivity contribution in [2.45, 2.75) is 63.5 Å². The van der Waals surface area contributed by atoms with Gasteiger partial charge in [-0.15, -0.1) is 0 Å². The molecule has 21 heavy (non-hydrogen) atoms. The van der Waals surface area contributed by atoms with E-state index >= 15 is 0 Å². The monoisotopic (exact) mass is 286 g/mol. The summed E-state index contributed by atoms with van der Waals surface area (Å²) in [5.41, 5.74) is 1.91. The zero-order valence-electron chi connectivity index (χ0n) is 13.6. The quantitative estimate of drug-likeness (QED) is 0.914. The van der Waals surface area contributed by atoms with Crippen molar-refractivity contribution in [3.63, 3.8) is 0 Å². The molecule has 2 nitrogen and oxygen atoms in total. The Morgan fingerprint density at radius 2 is 1.67 bits per heavy atom. The normalized spacial score (nSPS) is 30.2. The van der Waals surface area contributed by atoms with Crippen molar-refractivity contribution in [1.82, 2.24) is 10.2 Å². The summed E-state index contributed by atoms with van der Waals surface area (Å²) in [6.07, 6.45) is 6.68. The molecule has 1 aromatic rings. The van der Waals surface area contributed by atoms with Crippen LogP contribution in [-0.2, 0) is 5.41 Å². The molecule has 116 valence electrons. The van der Waals surface area contributed by atoms with Gasteiger partial charge in [-0.1, -0.05) is 36.8 Å². The second kappa shape index (κ2) is 6.50. The van der Waals surface area contributed by atoms with E-state index in [9.17, 15) is 0 Å². The summed E-state index contributed by atoms with van der Waals surface area (Å²) >= 11 is 0. The molecule has 2 aliphatic heterocycles. The third kappa shape index (κ3) is 3.17. The van der Waals surface area contributed by atoms with Gasteiger partial charge in [0.2, 0.25) is 0 Å². The predicted octanol–water partition coefficient (Wildman–Crippen LogP) is 3.57. The molecule has 0 aliphatic carbocycles. The van der Waals surface area contributed by atoms with Gasteiger partial charge in [0, 0.05) is 24.0 Å². The Balaban J connectivity index is 1.86. The lowest BCUT2D eigenvalue weighted by atomic mass is 9.72. The lowest BCUT2D eigenvalue weighted by Gasteiger charge is -2.47. The van der Waals surface area contributed by atoms with Gasteiger partial charge < -0.3 is 5.32 Å². The summed E-state index contributed by atoms with van der Waals surface area (Å²) in [5, 5.41) is 3.55. The van der Waals surface area contributed by atoms with Gasteiger partial charge in [0.1, 0.15) is 0 Å². The highest BCUT2D eigenvalue weighted by Gasteiger charge is 2.38. The Bertz CT molecular complexity index is 426. The summed E-state index contributed by atoms with van der Waals surface area (Å²) in [6.45, 7) is 8.41. The Kier molecular flexibility index (Phi) is 4.66. The summed E-state index contributed by atoms with van der Waals surface area (Å²) in [4.78, 5) is 2.79. The lowest BCUT2D eigenvalue weighted by Crippen LogP contribution is -2.53. The molecule has 0 saturated carbocycles. The SMILES string of the molecule is C[C@@H]1CCC[C@H](C)N1CC1(c2ccccc2)CCNCC1. The molecule has 2 heteroatoms. The van der Waals surface area contributed by atoms with Crippen molar-refractivity contribution in [3.05, 3.63) is 35.9 Å². The molecule has 0 bridgehead atoms. The third-order valence-electron chi connectivity index (χ3n) is 5.81. The van der Waals surface area contributed by atoms with Crippen LogP contribution in [0, 0.1) is 0 Å². The highest BCUT2D eigenvalue weighted by atomic mass is 15.2. The van der Waals surface area contributed by atoms with Crippen LogP contribution in [0.15, 0.2) is 30.3 Å². The molecule has 2 fully saturated rings. The lowest BCUT2D eigenvalue weighted by molar-refractivity contribution is 0.0637. The number of nitrogens with zero attached hydrogens (tertiary/aromatic N) is 1. The fraction of sp³-hybridized carbons (Fsp3) is 0.684. The molecule has 2 atom stereocenters. The molecule has 1 aromatic carbocycles. The Morgan fingerprint density at radius 1 is 1.05 bits per heavy atom. The third-order valence-corrected chi connectivity index (χ3v) is 5.81. The van der Waals surface area contributed by atoms with E-state index in [-0.39, 0.29) is 0 Å². The van der Waals surface area contributed by atoms with Crippen LogP contribution in [-0.4, -0.2) is 36.6 Å². The molecule has 1 N–H and O–H groups in total. The average molecular weight is 286 g/mol. The average Bonchev–Trinajstić information content (AvgIpc) is 2.53. The van der Waals surface area contributed by atoms with Crippen LogP contribution in [0.3, 0.4) is 0 Å². The van der Waals surface area contributed by atoms with E-state index in [1.165, 1.54) is 38.6 Å². The van der Waals surface area contributed by atoms with E-state index in [1.54, 1.807) is 5.56 Å². The van der Waals surface area contributed by atoms with E-state index in [4.69, 9.17) is 0 Å². The smallest absolute Gasteiger partial charge is 0.0105 e. The van der Waals surface area contributed by atoms with Crippen molar-refractivity contribution in [3.8, 4) is 0 Å². The van der Waals surface area contributed by atoms with Crippen LogP contribution >= 0.6 is 0 Å². The van der Waals surface area contributed by atoms with Crippen LogP contribution in [0.1, 0.15) is 51.5 Å². The first kappa shape index (κ1) is 15.1. The van der Waals surface area contributed by atoms with E-state index < -0.39 is 0 Å². The van der Waals surface area contributed by atoms with E-state index in [2.05, 4.69) is 54.4 Å². The zero-order chi connectivity index (χ0) is 14.7. The molecular formula is C19H30N2. The van der Waals surface area contributed by atoms with Gasteiger partial charge in [0.25, 0.3) is 0 Å². The summed E-state index contributed by atoms with van der Waals surface area (Å²) in [6, 6.07) is 12.7. The molecule has 0 unspecified atom stereocenters. The minimum absolute atomic E-state index is 0.354. The number of benzene rings is 1. The number of nitrogens with one attached hydrogen (secondary N) is 1. The largest absolute Gasteiger partial charge is 0.317 e. The maximum absolute atomic E-state index is 3.55. The van der Waals surface area contributed by atoms with Crippen LogP contribution in [0.4, 0.5) is 0 Å². The van der Waals surface area contributed by atoms with Crippen molar-refractivity contribution in [2.75, 3.05) is 19.6 Å². The van der Waals surface area contributed by atoms with Crippen LogP contribution < -0.4 is 5.32 Å². The number of hydrogen-bond acceptors (Lipinski definition) is 2. The van der Waals surface area contributed by atoms with Crippen molar-refractivity contribution in [2.24, 2.45) is 0 Å². The number of hydrogen-bond donors (Lipinski definition) is 1. The van der Waals surface area contributed by atoms with Gasteiger partial charge >= 0.3 is 0 Å². The van der Waals surface area contributed by atoms with Crippen molar-refractivity contribution < 1.29 is 0 Å². The Morgan fingerprint density at radius 3 is 2.29 bits per heavy atom. The minimum atomic E-state index is 0.354. The van der Waals surface area contributed by atoms with Gasteiger partial charge in [0.05, 0.1) is 0 Å². The Hall–Kier alpha value is -0.860. The Labute approximate surface area is 129 Å². The zero-order valence-corrected chi connectivity index (χ0v) is 13.6. The first-order valence-electron chi connectivity index (χ1n) is 8.73. The number of piperidine rings is 2. The van der Waals surface area contributed by atoms with E-state index in [0.29, 0.717) is 5.41 Å². The van der Waals surface area contributed by atoms with Crippen LogP contribution in [0.25, 0.3) is 0 Å². The molecule has 3 rings (SSSR count). The van der Waals surface area contributed by atoms with Crippen molar-refractivity contribution in [1.29, 1.82) is 0 Å². The standard InChI is InChI=1S/C19H30N2/c1-16-7-6-8-17(2)21(16)15-19(11-13-20-14-12-19)18-9-4-3-5-10-18/h3-5,9-10,16-17,20H,6-8,11-15H2,1-2H3/t16-,17+. The first-order chi connectivity index (χ1) is 10.2. The topological polar surface area (TPSA) is 15.3 Å². The van der Waals surface area contributed by atoms with Gasteiger partial charge in [-0.05, 0) is 58.2 Å². The van der Waals surface area contributed by atoms with E-state index in [0.717, 1.165) is 25.2 Å². The number of rotatable bonds is 3. The molecule has 2 heterocycles. The molecule has 2 aliphatic rings. The summed E-state index contributed by atoms with van der Waals surface area (Å²) < 4.78 is 0. The molecule has 0 spiro atoms. The van der Waals surface area contributed by atoms with E-state index in [1.807, 2.05) is 0 Å². The van der Waals surface area contributed by atoms with Crippen LogP contribution in [0.5, 0.6) is 0 Å². The van der Waals surface area contributed by atoms with Gasteiger partial charge in [-0.2, -0.15) is 0 Å².